The van der Waals surface area contributed by atoms with Crippen LogP contribution in [0.3, 0.4) is 0 Å². The van der Waals surface area contributed by atoms with Gasteiger partial charge in [0.25, 0.3) is 0 Å². The quantitative estimate of drug-likeness (QED) is 0.0264. The summed E-state index contributed by atoms with van der Waals surface area (Å²) in [5.74, 6) is -0.811. The van der Waals surface area contributed by atoms with Gasteiger partial charge in [-0.05, 0) is 38.5 Å². The molecule has 1 aliphatic heterocycles. The Morgan fingerprint density at radius 1 is 0.492 bits per heavy atom. The van der Waals surface area contributed by atoms with Gasteiger partial charge >= 0.3 is 11.9 Å². The summed E-state index contributed by atoms with van der Waals surface area (Å²) in [6.45, 7) is 3.41. The first-order valence-corrected chi connectivity index (χ1v) is 26.4. The number of allylic oxidation sites excluding steroid dienone is 4. The van der Waals surface area contributed by atoms with E-state index in [1.807, 2.05) is 0 Å². The first-order valence-electron chi connectivity index (χ1n) is 26.4. The first-order chi connectivity index (χ1) is 30.8. The first kappa shape index (κ1) is 59.2. The smallest absolute Gasteiger partial charge is 0.306 e. The maximum atomic E-state index is 12.8. The van der Waals surface area contributed by atoms with E-state index in [4.69, 9.17) is 18.9 Å². The van der Waals surface area contributed by atoms with Crippen LogP contribution >= 0.6 is 0 Å². The van der Waals surface area contributed by atoms with Crippen molar-refractivity contribution in [3.8, 4) is 0 Å². The van der Waals surface area contributed by atoms with Gasteiger partial charge in [0.05, 0.1) is 13.2 Å². The number of esters is 2. The monoisotopic (exact) mass is 895 g/mol. The Bertz CT molecular complexity index is 1080. The van der Waals surface area contributed by atoms with Crippen molar-refractivity contribution in [3.05, 3.63) is 24.3 Å². The van der Waals surface area contributed by atoms with Gasteiger partial charge in [-0.1, -0.05) is 218 Å². The van der Waals surface area contributed by atoms with Gasteiger partial charge in [0.1, 0.15) is 31.0 Å². The van der Waals surface area contributed by atoms with Crippen LogP contribution in [0.25, 0.3) is 0 Å². The van der Waals surface area contributed by atoms with Gasteiger partial charge in [-0.2, -0.15) is 0 Å². The highest BCUT2D eigenvalue weighted by Gasteiger charge is 2.44. The third kappa shape index (κ3) is 35.1. The fourth-order valence-corrected chi connectivity index (χ4v) is 8.15. The molecular weight excluding hydrogens is 797 g/mol. The molecule has 0 amide bonds. The summed E-state index contributed by atoms with van der Waals surface area (Å²) in [6.07, 6.45) is 43.4. The van der Waals surface area contributed by atoms with Crippen LogP contribution in [0.2, 0.25) is 0 Å². The summed E-state index contributed by atoms with van der Waals surface area (Å²) < 4.78 is 22.2. The molecule has 10 heteroatoms. The van der Waals surface area contributed by atoms with Crippen LogP contribution in [0.4, 0.5) is 0 Å². The number of aliphatic hydroxyl groups excluding tert-OH is 4. The minimum atomic E-state index is -1.60. The number of rotatable bonds is 45. The highest BCUT2D eigenvalue weighted by atomic mass is 16.7. The molecule has 6 atom stereocenters. The molecule has 4 N–H and O–H groups in total. The lowest BCUT2D eigenvalue weighted by molar-refractivity contribution is -0.305. The zero-order valence-electron chi connectivity index (χ0n) is 40.6. The van der Waals surface area contributed by atoms with E-state index in [1.165, 1.54) is 148 Å². The predicted octanol–water partition coefficient (Wildman–Crippen LogP) is 12.5. The molecule has 1 saturated heterocycles. The number of carbonyl (C=O) groups excluding carboxylic acids is 2. The van der Waals surface area contributed by atoms with Crippen LogP contribution in [0.5, 0.6) is 0 Å². The average Bonchev–Trinajstić information content (AvgIpc) is 3.28. The van der Waals surface area contributed by atoms with E-state index >= 15 is 0 Å². The average molecular weight is 895 g/mol. The van der Waals surface area contributed by atoms with Crippen molar-refractivity contribution >= 4 is 11.9 Å². The van der Waals surface area contributed by atoms with Crippen molar-refractivity contribution in [2.45, 2.75) is 282 Å². The van der Waals surface area contributed by atoms with Crippen LogP contribution in [0.15, 0.2) is 24.3 Å². The van der Waals surface area contributed by atoms with E-state index in [0.29, 0.717) is 6.42 Å². The molecule has 0 spiro atoms. The number of aliphatic hydroxyl groups is 4. The standard InChI is InChI=1S/C53H98O10/c1-3-5-7-9-11-13-15-17-19-20-21-22-23-24-25-26-27-28-30-31-33-35-37-39-41-48(55)60-44-46(45-61-53-52(59)51(58)50(57)47(43-54)63-53)62-49(56)42-40-38-36-34-32-29-18-16-14-12-10-8-6-4-2/h10,12,16,18,46-47,50-54,57-59H,3-9,11,13-15,17,19-45H2,1-2H3/b12-10-,18-16-. The Morgan fingerprint density at radius 3 is 1.37 bits per heavy atom. The topological polar surface area (TPSA) is 152 Å². The summed E-state index contributed by atoms with van der Waals surface area (Å²) in [7, 11) is 0. The Morgan fingerprint density at radius 2 is 0.905 bits per heavy atom. The summed E-state index contributed by atoms with van der Waals surface area (Å²) in [6, 6.07) is 0. The summed E-state index contributed by atoms with van der Waals surface area (Å²) in [5.41, 5.74) is 0. The Balaban J connectivity index is 2.20. The molecule has 6 unspecified atom stereocenters. The van der Waals surface area contributed by atoms with E-state index in [1.54, 1.807) is 0 Å². The summed E-state index contributed by atoms with van der Waals surface area (Å²) in [4.78, 5) is 25.4. The van der Waals surface area contributed by atoms with E-state index < -0.39 is 49.4 Å². The maximum Gasteiger partial charge on any atom is 0.306 e. The van der Waals surface area contributed by atoms with Crippen molar-refractivity contribution < 1.29 is 49.0 Å². The SMILES string of the molecule is CCCC/C=C\C/C=C\CCCCCCCC(=O)OC(COC(=O)CCCCCCCCCCCCCCCCCCCCCCCCCC)COC1OC(CO)C(O)C(O)C1O. The molecule has 0 aliphatic carbocycles. The molecule has 0 aromatic carbocycles. The fourth-order valence-electron chi connectivity index (χ4n) is 8.15. The van der Waals surface area contributed by atoms with Gasteiger partial charge in [-0.3, -0.25) is 9.59 Å². The molecule has 63 heavy (non-hydrogen) atoms. The zero-order chi connectivity index (χ0) is 45.9. The van der Waals surface area contributed by atoms with Crippen molar-refractivity contribution in [1.29, 1.82) is 0 Å². The van der Waals surface area contributed by atoms with Gasteiger partial charge in [0, 0.05) is 12.8 Å². The predicted molar refractivity (Wildman–Crippen MR) is 256 cm³/mol. The number of ether oxygens (including phenoxy) is 4. The summed E-state index contributed by atoms with van der Waals surface area (Å²) in [5, 5.41) is 40.2. The number of unbranched alkanes of at least 4 members (excludes halogenated alkanes) is 30. The van der Waals surface area contributed by atoms with Crippen LogP contribution in [-0.2, 0) is 28.5 Å². The van der Waals surface area contributed by atoms with E-state index in [2.05, 4.69) is 38.2 Å². The number of hydrogen-bond donors (Lipinski definition) is 4. The van der Waals surface area contributed by atoms with E-state index in [0.717, 1.165) is 64.2 Å². The van der Waals surface area contributed by atoms with Crippen LogP contribution in [-0.4, -0.2) is 89.0 Å². The zero-order valence-corrected chi connectivity index (χ0v) is 40.6. The Hall–Kier alpha value is -1.82. The largest absolute Gasteiger partial charge is 0.462 e. The molecule has 0 saturated carbocycles. The minimum Gasteiger partial charge on any atom is -0.462 e. The third-order valence-electron chi connectivity index (χ3n) is 12.3. The molecule has 1 heterocycles. The second-order valence-electron chi connectivity index (χ2n) is 18.3. The fraction of sp³-hybridized carbons (Fsp3) is 0.887. The number of carbonyl (C=O) groups is 2. The third-order valence-corrected chi connectivity index (χ3v) is 12.3. The normalized spacial score (nSPS) is 19.6. The van der Waals surface area contributed by atoms with Crippen LogP contribution in [0, 0.1) is 0 Å². The highest BCUT2D eigenvalue weighted by molar-refractivity contribution is 5.70. The molecule has 1 fully saturated rings. The second-order valence-corrected chi connectivity index (χ2v) is 18.3. The highest BCUT2D eigenvalue weighted by Crippen LogP contribution is 2.23. The molecule has 370 valence electrons. The van der Waals surface area contributed by atoms with Gasteiger partial charge in [0.2, 0.25) is 0 Å². The van der Waals surface area contributed by atoms with Crippen molar-refractivity contribution in [1.82, 2.24) is 0 Å². The molecule has 0 radical (unpaired) electrons. The second kappa shape index (κ2) is 44.0. The molecule has 1 aliphatic rings. The molecule has 0 bridgehead atoms. The minimum absolute atomic E-state index is 0.217. The Labute approximate surface area is 385 Å². The lowest BCUT2D eigenvalue weighted by atomic mass is 9.99. The van der Waals surface area contributed by atoms with Gasteiger partial charge in [-0.15, -0.1) is 0 Å². The summed E-state index contributed by atoms with van der Waals surface area (Å²) >= 11 is 0. The van der Waals surface area contributed by atoms with E-state index in [-0.39, 0.29) is 32.0 Å². The van der Waals surface area contributed by atoms with Gasteiger partial charge in [-0.25, -0.2) is 0 Å². The molecular formula is C53H98O10. The molecule has 0 aromatic rings. The van der Waals surface area contributed by atoms with Crippen molar-refractivity contribution in [3.63, 3.8) is 0 Å². The molecule has 10 nitrogen and oxygen atoms in total. The van der Waals surface area contributed by atoms with Crippen molar-refractivity contribution in [2.75, 3.05) is 19.8 Å². The molecule has 1 rings (SSSR count). The van der Waals surface area contributed by atoms with Gasteiger partial charge < -0.3 is 39.4 Å². The lowest BCUT2D eigenvalue weighted by Crippen LogP contribution is -2.59. The van der Waals surface area contributed by atoms with E-state index in [9.17, 15) is 30.0 Å². The van der Waals surface area contributed by atoms with Gasteiger partial charge in [0.15, 0.2) is 12.4 Å². The van der Waals surface area contributed by atoms with Crippen LogP contribution in [0.1, 0.15) is 245 Å². The number of hydrogen-bond acceptors (Lipinski definition) is 10. The van der Waals surface area contributed by atoms with Crippen LogP contribution < -0.4 is 0 Å². The Kier molecular flexibility index (Phi) is 41.4. The lowest BCUT2D eigenvalue weighted by Gasteiger charge is -2.39. The maximum absolute atomic E-state index is 12.8. The van der Waals surface area contributed by atoms with Crippen molar-refractivity contribution in [2.24, 2.45) is 0 Å². The molecule has 0 aromatic heterocycles.